The van der Waals surface area contributed by atoms with Crippen LogP contribution in [-0.2, 0) is 21.4 Å². The number of pyridine rings is 1. The van der Waals surface area contributed by atoms with Crippen molar-refractivity contribution >= 4 is 33.2 Å². The van der Waals surface area contributed by atoms with Crippen LogP contribution in [0, 0.1) is 13.8 Å². The zero-order valence-electron chi connectivity index (χ0n) is 14.3. The Kier molecular flexibility index (Phi) is 6.16. The first kappa shape index (κ1) is 19.4. The van der Waals surface area contributed by atoms with E-state index in [0.717, 1.165) is 21.7 Å². The molecule has 0 radical (unpaired) electrons. The van der Waals surface area contributed by atoms with Gasteiger partial charge in [0.15, 0.2) is 0 Å². The largest absolute Gasteiger partial charge is 0.323 e. The molecule has 2 aromatic rings. The molecule has 6 nitrogen and oxygen atoms in total. The Morgan fingerprint density at radius 3 is 2.56 bits per heavy atom. The molecule has 1 heterocycles. The highest BCUT2D eigenvalue weighted by molar-refractivity contribution is 7.88. The van der Waals surface area contributed by atoms with E-state index in [1.54, 1.807) is 30.5 Å². The molecule has 1 aromatic carbocycles. The Morgan fingerprint density at radius 1 is 1.28 bits per heavy atom. The van der Waals surface area contributed by atoms with Gasteiger partial charge in [-0.2, -0.15) is 4.31 Å². The summed E-state index contributed by atoms with van der Waals surface area (Å²) in [5.74, 6) is -0.463. The summed E-state index contributed by atoms with van der Waals surface area (Å²) in [6, 6.07) is 8.84. The van der Waals surface area contributed by atoms with E-state index in [-0.39, 0.29) is 13.1 Å². The van der Waals surface area contributed by atoms with Gasteiger partial charge < -0.3 is 5.32 Å². The lowest BCUT2D eigenvalue weighted by molar-refractivity contribution is -0.116. The van der Waals surface area contributed by atoms with Gasteiger partial charge in [-0.25, -0.2) is 8.42 Å². The van der Waals surface area contributed by atoms with Gasteiger partial charge in [-0.1, -0.05) is 23.7 Å². The average Bonchev–Trinajstić information content (AvgIpc) is 2.50. The normalized spacial score (nSPS) is 11.6. The zero-order chi connectivity index (χ0) is 18.6. The summed E-state index contributed by atoms with van der Waals surface area (Å²) in [6.45, 7) is 3.44. The minimum atomic E-state index is -3.58. The zero-order valence-corrected chi connectivity index (χ0v) is 15.9. The van der Waals surface area contributed by atoms with Crippen molar-refractivity contribution in [2.24, 2.45) is 0 Å². The minimum absolute atomic E-state index is 0.0215. The van der Waals surface area contributed by atoms with Crippen molar-refractivity contribution in [2.45, 2.75) is 20.4 Å². The van der Waals surface area contributed by atoms with Crippen molar-refractivity contribution in [2.75, 3.05) is 18.1 Å². The average molecular weight is 382 g/mol. The summed E-state index contributed by atoms with van der Waals surface area (Å²) in [4.78, 5) is 16.5. The standard InChI is InChI=1S/C17H20ClN3O3S/c1-12-8-13(2)17(15(18)9-12)20-16(22)11-21(25(3,23)24)10-14-6-4-5-7-19-14/h4-9H,10-11H2,1-3H3,(H,20,22). The molecule has 0 aliphatic rings. The van der Waals surface area contributed by atoms with E-state index < -0.39 is 15.9 Å². The third kappa shape index (κ3) is 5.52. The van der Waals surface area contributed by atoms with Gasteiger partial charge >= 0.3 is 0 Å². The van der Waals surface area contributed by atoms with E-state index in [9.17, 15) is 13.2 Å². The SMILES string of the molecule is Cc1cc(C)c(NC(=O)CN(Cc2ccccn2)S(C)(=O)=O)c(Cl)c1. The quantitative estimate of drug-likeness (QED) is 0.834. The van der Waals surface area contributed by atoms with Gasteiger partial charge in [-0.15, -0.1) is 0 Å². The molecule has 0 fully saturated rings. The second-order valence-corrected chi connectivity index (χ2v) is 8.23. The Morgan fingerprint density at radius 2 is 2.00 bits per heavy atom. The molecule has 0 aliphatic heterocycles. The molecule has 134 valence electrons. The second kappa shape index (κ2) is 7.95. The number of benzene rings is 1. The lowest BCUT2D eigenvalue weighted by atomic mass is 10.1. The van der Waals surface area contributed by atoms with Gasteiger partial charge in [-0.05, 0) is 43.2 Å². The van der Waals surface area contributed by atoms with Crippen LogP contribution in [0.25, 0.3) is 0 Å². The van der Waals surface area contributed by atoms with Crippen molar-refractivity contribution in [3.63, 3.8) is 0 Å². The third-order valence-electron chi connectivity index (χ3n) is 3.55. The highest BCUT2D eigenvalue weighted by Gasteiger charge is 2.22. The number of aromatic nitrogens is 1. The van der Waals surface area contributed by atoms with Crippen LogP contribution in [0.4, 0.5) is 5.69 Å². The molecular weight excluding hydrogens is 362 g/mol. The van der Waals surface area contributed by atoms with E-state index in [4.69, 9.17) is 11.6 Å². The smallest absolute Gasteiger partial charge is 0.239 e. The number of carbonyl (C=O) groups is 1. The minimum Gasteiger partial charge on any atom is -0.323 e. The number of rotatable bonds is 6. The van der Waals surface area contributed by atoms with E-state index in [1.165, 1.54) is 0 Å². The van der Waals surface area contributed by atoms with Crippen molar-refractivity contribution in [1.29, 1.82) is 0 Å². The van der Waals surface area contributed by atoms with Crippen molar-refractivity contribution in [3.05, 3.63) is 58.4 Å². The summed E-state index contributed by atoms with van der Waals surface area (Å²) < 4.78 is 25.1. The fraction of sp³-hybridized carbons (Fsp3) is 0.294. The van der Waals surface area contributed by atoms with Crippen LogP contribution in [0.2, 0.25) is 5.02 Å². The lowest BCUT2D eigenvalue weighted by Crippen LogP contribution is -2.37. The molecule has 0 saturated carbocycles. The maximum absolute atomic E-state index is 12.4. The molecule has 0 aliphatic carbocycles. The summed E-state index contributed by atoms with van der Waals surface area (Å²) in [5.41, 5.74) is 2.84. The number of nitrogens with zero attached hydrogens (tertiary/aromatic N) is 2. The Hall–Kier alpha value is -1.96. The second-order valence-electron chi connectivity index (χ2n) is 5.84. The molecule has 0 saturated heterocycles. The maximum Gasteiger partial charge on any atom is 0.239 e. The Labute approximate surface area is 152 Å². The predicted octanol–water partition coefficient (Wildman–Crippen LogP) is 2.75. The lowest BCUT2D eigenvalue weighted by Gasteiger charge is -2.20. The van der Waals surface area contributed by atoms with Crippen LogP contribution in [0.3, 0.4) is 0 Å². The summed E-state index contributed by atoms with van der Waals surface area (Å²) in [6.07, 6.45) is 2.64. The Balaban J connectivity index is 2.15. The first-order chi connectivity index (χ1) is 11.7. The van der Waals surface area contributed by atoms with Crippen LogP contribution in [0.5, 0.6) is 0 Å². The predicted molar refractivity (Wildman–Crippen MR) is 99.0 cm³/mol. The van der Waals surface area contributed by atoms with Crippen molar-refractivity contribution < 1.29 is 13.2 Å². The van der Waals surface area contributed by atoms with Gasteiger partial charge in [0.1, 0.15) is 0 Å². The number of nitrogens with one attached hydrogen (secondary N) is 1. The van der Waals surface area contributed by atoms with Gasteiger partial charge in [0.2, 0.25) is 15.9 Å². The fourth-order valence-corrected chi connectivity index (χ4v) is 3.46. The van der Waals surface area contributed by atoms with Crippen LogP contribution in [0.1, 0.15) is 16.8 Å². The third-order valence-corrected chi connectivity index (χ3v) is 5.04. The van der Waals surface area contributed by atoms with Crippen molar-refractivity contribution in [1.82, 2.24) is 9.29 Å². The molecule has 1 aromatic heterocycles. The van der Waals surface area contributed by atoms with Crippen LogP contribution in [0.15, 0.2) is 36.5 Å². The van der Waals surface area contributed by atoms with Gasteiger partial charge in [-0.3, -0.25) is 9.78 Å². The Bertz CT molecular complexity index is 847. The van der Waals surface area contributed by atoms with Crippen LogP contribution >= 0.6 is 11.6 Å². The molecule has 25 heavy (non-hydrogen) atoms. The number of sulfonamides is 1. The summed E-state index contributed by atoms with van der Waals surface area (Å²) in [7, 11) is -3.58. The van der Waals surface area contributed by atoms with E-state index in [0.29, 0.717) is 16.4 Å². The number of anilines is 1. The number of aryl methyl sites for hydroxylation is 2. The van der Waals surface area contributed by atoms with Crippen LogP contribution in [-0.4, -0.2) is 36.4 Å². The molecular formula is C17H20ClN3O3S. The first-order valence-corrected chi connectivity index (χ1v) is 9.81. The monoisotopic (exact) mass is 381 g/mol. The van der Waals surface area contributed by atoms with E-state index in [1.807, 2.05) is 19.9 Å². The van der Waals surface area contributed by atoms with E-state index in [2.05, 4.69) is 10.3 Å². The molecule has 0 atom stereocenters. The summed E-state index contributed by atoms with van der Waals surface area (Å²) in [5, 5.41) is 3.11. The summed E-state index contributed by atoms with van der Waals surface area (Å²) >= 11 is 6.18. The highest BCUT2D eigenvalue weighted by Crippen LogP contribution is 2.27. The van der Waals surface area contributed by atoms with Gasteiger partial charge in [0, 0.05) is 6.20 Å². The molecule has 2 rings (SSSR count). The number of hydrogen-bond acceptors (Lipinski definition) is 4. The fourth-order valence-electron chi connectivity index (χ4n) is 2.38. The molecule has 0 bridgehead atoms. The van der Waals surface area contributed by atoms with Gasteiger partial charge in [0.05, 0.1) is 35.7 Å². The van der Waals surface area contributed by atoms with Crippen molar-refractivity contribution in [3.8, 4) is 0 Å². The number of hydrogen-bond donors (Lipinski definition) is 1. The first-order valence-electron chi connectivity index (χ1n) is 7.58. The molecule has 0 unspecified atom stereocenters. The van der Waals surface area contributed by atoms with Crippen LogP contribution < -0.4 is 5.32 Å². The molecule has 8 heteroatoms. The molecule has 0 spiro atoms. The highest BCUT2D eigenvalue weighted by atomic mass is 35.5. The van der Waals surface area contributed by atoms with E-state index >= 15 is 0 Å². The molecule has 1 N–H and O–H groups in total. The molecule has 1 amide bonds. The number of carbonyl (C=O) groups excluding carboxylic acids is 1. The van der Waals surface area contributed by atoms with Gasteiger partial charge in [0.25, 0.3) is 0 Å². The number of halogens is 1. The topological polar surface area (TPSA) is 79.4 Å². The number of amides is 1. The maximum atomic E-state index is 12.4.